The van der Waals surface area contributed by atoms with Gasteiger partial charge in [0.05, 0.1) is 39.4 Å². The Morgan fingerprint density at radius 3 is 2.17 bits per heavy atom. The fourth-order valence-electron chi connectivity index (χ4n) is 4.30. The molecule has 0 radical (unpaired) electrons. The van der Waals surface area contributed by atoms with E-state index in [9.17, 15) is 0 Å². The van der Waals surface area contributed by atoms with E-state index in [1.807, 2.05) is 6.07 Å². The fraction of sp³-hybridized carbons (Fsp3) is 0.348. The van der Waals surface area contributed by atoms with Crippen molar-refractivity contribution < 1.29 is 35.9 Å². The monoisotopic (exact) mass is 415 g/mol. The van der Waals surface area contributed by atoms with Crippen molar-refractivity contribution in [3.05, 3.63) is 41.6 Å². The van der Waals surface area contributed by atoms with Crippen molar-refractivity contribution >= 4 is 10.8 Å². The van der Waals surface area contributed by atoms with Gasteiger partial charge in [0, 0.05) is 17.4 Å². The van der Waals surface area contributed by atoms with Crippen LogP contribution in [0.25, 0.3) is 22.0 Å². The Morgan fingerprint density at radius 1 is 0.862 bits per heavy atom. The van der Waals surface area contributed by atoms with Gasteiger partial charge in [-0.2, -0.15) is 4.57 Å². The van der Waals surface area contributed by atoms with Gasteiger partial charge in [-0.1, -0.05) is 6.92 Å². The first kappa shape index (κ1) is 21.1. The van der Waals surface area contributed by atoms with Gasteiger partial charge in [0.25, 0.3) is 0 Å². The third kappa shape index (κ3) is 3.23. The van der Waals surface area contributed by atoms with Crippen LogP contribution < -0.4 is 35.9 Å². The number of ether oxygens (including phenoxy) is 4. The lowest BCUT2D eigenvalue weighted by Gasteiger charge is -2.21. The highest BCUT2D eigenvalue weighted by atomic mass is 35.5. The minimum absolute atomic E-state index is 0. The molecule has 29 heavy (non-hydrogen) atoms. The molecule has 0 N–H and O–H groups in total. The van der Waals surface area contributed by atoms with Gasteiger partial charge < -0.3 is 31.4 Å². The van der Waals surface area contributed by atoms with Crippen molar-refractivity contribution in [3.8, 4) is 34.3 Å². The molecule has 0 saturated heterocycles. The SMILES string of the molecule is CCc1c2[n+](cc3c(OC)c(OC)ccc13)CCc1cc(OC)c(OC)cc1-2.[Cl-]. The van der Waals surface area contributed by atoms with Gasteiger partial charge in [-0.05, 0) is 36.2 Å². The predicted octanol–water partition coefficient (Wildman–Crippen LogP) is 0.951. The Bertz CT molecular complexity index is 1060. The molecular formula is C23H26ClNO4. The Morgan fingerprint density at radius 2 is 1.55 bits per heavy atom. The van der Waals surface area contributed by atoms with Gasteiger partial charge in [-0.25, -0.2) is 0 Å². The minimum atomic E-state index is 0. The van der Waals surface area contributed by atoms with Crippen LogP contribution in [0.3, 0.4) is 0 Å². The van der Waals surface area contributed by atoms with Crippen LogP contribution in [0.4, 0.5) is 0 Å². The molecule has 0 saturated carbocycles. The molecule has 4 rings (SSSR count). The highest BCUT2D eigenvalue weighted by Crippen LogP contribution is 2.42. The molecule has 154 valence electrons. The van der Waals surface area contributed by atoms with Gasteiger partial charge in [0.15, 0.2) is 35.7 Å². The molecule has 1 aromatic heterocycles. The molecule has 2 heterocycles. The number of rotatable bonds is 5. The topological polar surface area (TPSA) is 40.8 Å². The maximum atomic E-state index is 5.70. The zero-order valence-corrected chi connectivity index (χ0v) is 18.2. The van der Waals surface area contributed by atoms with E-state index in [4.69, 9.17) is 18.9 Å². The molecule has 0 aliphatic carbocycles. The molecule has 0 amide bonds. The van der Waals surface area contributed by atoms with Crippen molar-refractivity contribution in [3.63, 3.8) is 0 Å². The van der Waals surface area contributed by atoms with Crippen LogP contribution in [0, 0.1) is 0 Å². The number of methoxy groups -OCH3 is 4. The van der Waals surface area contributed by atoms with Crippen molar-refractivity contribution in [2.45, 2.75) is 26.3 Å². The molecule has 1 aliphatic heterocycles. The molecule has 0 fully saturated rings. The summed E-state index contributed by atoms with van der Waals surface area (Å²) in [6, 6.07) is 8.32. The second-order valence-electron chi connectivity index (χ2n) is 6.88. The molecule has 2 aromatic carbocycles. The third-order valence-electron chi connectivity index (χ3n) is 5.61. The van der Waals surface area contributed by atoms with E-state index in [0.717, 1.165) is 47.8 Å². The van der Waals surface area contributed by atoms with Gasteiger partial charge in [0.1, 0.15) is 0 Å². The van der Waals surface area contributed by atoms with E-state index in [1.54, 1.807) is 28.4 Å². The number of fused-ring (bicyclic) bond motifs is 4. The number of aromatic nitrogens is 1. The van der Waals surface area contributed by atoms with Crippen molar-refractivity contribution in [1.82, 2.24) is 0 Å². The van der Waals surface area contributed by atoms with Crippen LogP contribution in [-0.2, 0) is 19.4 Å². The van der Waals surface area contributed by atoms with Crippen molar-refractivity contribution in [1.29, 1.82) is 0 Å². The van der Waals surface area contributed by atoms with Gasteiger partial charge >= 0.3 is 0 Å². The Kier molecular flexibility index (Phi) is 6.08. The van der Waals surface area contributed by atoms with E-state index in [1.165, 1.54) is 27.8 Å². The number of hydrogen-bond acceptors (Lipinski definition) is 4. The number of nitrogens with zero attached hydrogens (tertiary/aromatic N) is 1. The lowest BCUT2D eigenvalue weighted by atomic mass is 9.90. The summed E-state index contributed by atoms with van der Waals surface area (Å²) in [5, 5.41) is 2.26. The highest BCUT2D eigenvalue weighted by molar-refractivity contribution is 5.95. The minimum Gasteiger partial charge on any atom is -1.00 e. The van der Waals surface area contributed by atoms with Crippen LogP contribution in [-0.4, -0.2) is 28.4 Å². The lowest BCUT2D eigenvalue weighted by molar-refractivity contribution is -0.686. The van der Waals surface area contributed by atoms with Crippen LogP contribution >= 0.6 is 0 Å². The summed E-state index contributed by atoms with van der Waals surface area (Å²) < 4.78 is 24.6. The van der Waals surface area contributed by atoms with Gasteiger partial charge in [0.2, 0.25) is 5.69 Å². The lowest BCUT2D eigenvalue weighted by Crippen LogP contribution is -3.00. The second-order valence-corrected chi connectivity index (χ2v) is 6.88. The number of hydrogen-bond donors (Lipinski definition) is 0. The highest BCUT2D eigenvalue weighted by Gasteiger charge is 2.30. The number of aryl methyl sites for hydroxylation is 3. The molecule has 5 nitrogen and oxygen atoms in total. The van der Waals surface area contributed by atoms with E-state index >= 15 is 0 Å². The summed E-state index contributed by atoms with van der Waals surface area (Å²) in [5.41, 5.74) is 5.03. The largest absolute Gasteiger partial charge is 1.00 e. The molecule has 0 unspecified atom stereocenters. The average molecular weight is 416 g/mol. The van der Waals surface area contributed by atoms with Crippen LogP contribution in [0.15, 0.2) is 30.5 Å². The van der Waals surface area contributed by atoms with Crippen molar-refractivity contribution in [2.75, 3.05) is 28.4 Å². The van der Waals surface area contributed by atoms with Crippen LogP contribution in [0.1, 0.15) is 18.1 Å². The first-order valence-corrected chi connectivity index (χ1v) is 9.52. The first-order valence-electron chi connectivity index (χ1n) is 9.52. The molecule has 6 heteroatoms. The molecular weight excluding hydrogens is 390 g/mol. The molecule has 0 bridgehead atoms. The van der Waals surface area contributed by atoms with Gasteiger partial charge in [-0.15, -0.1) is 0 Å². The zero-order chi connectivity index (χ0) is 19.8. The maximum Gasteiger partial charge on any atom is 0.216 e. The van der Waals surface area contributed by atoms with Crippen LogP contribution in [0.5, 0.6) is 23.0 Å². The average Bonchev–Trinajstić information content (AvgIpc) is 2.75. The predicted molar refractivity (Wildman–Crippen MR) is 109 cm³/mol. The standard InChI is InChI=1S/C23H26NO4.ClH/c1-6-15-16-7-8-19(25-2)23(28-5)18(16)13-24-10-9-14-11-20(26-3)21(27-4)12-17(14)22(15)24;/h7-8,11-13H,6,9-10H2,1-5H3;1H/q+1;/p-1. The number of halogens is 1. The van der Waals surface area contributed by atoms with Crippen LogP contribution in [0.2, 0.25) is 0 Å². The Balaban J connectivity index is 0.00000240. The summed E-state index contributed by atoms with van der Waals surface area (Å²) in [6.45, 7) is 3.10. The normalized spacial score (nSPS) is 11.9. The Hall–Kier alpha value is -2.66. The quantitative estimate of drug-likeness (QED) is 0.582. The van der Waals surface area contributed by atoms with E-state index < -0.39 is 0 Å². The summed E-state index contributed by atoms with van der Waals surface area (Å²) in [7, 11) is 6.73. The first-order chi connectivity index (χ1) is 13.7. The number of benzene rings is 2. The molecule has 1 aliphatic rings. The second kappa shape index (κ2) is 8.37. The summed E-state index contributed by atoms with van der Waals surface area (Å²) in [6.07, 6.45) is 4.04. The summed E-state index contributed by atoms with van der Waals surface area (Å²) in [5.74, 6) is 3.06. The summed E-state index contributed by atoms with van der Waals surface area (Å²) in [4.78, 5) is 0. The maximum absolute atomic E-state index is 5.70. The summed E-state index contributed by atoms with van der Waals surface area (Å²) >= 11 is 0. The number of pyridine rings is 1. The van der Waals surface area contributed by atoms with E-state index in [2.05, 4.69) is 35.9 Å². The molecule has 0 spiro atoms. The molecule has 3 aromatic rings. The van der Waals surface area contributed by atoms with Crippen molar-refractivity contribution in [2.24, 2.45) is 0 Å². The van der Waals surface area contributed by atoms with E-state index in [-0.39, 0.29) is 12.4 Å². The molecule has 0 atom stereocenters. The van der Waals surface area contributed by atoms with E-state index in [0.29, 0.717) is 0 Å². The Labute approximate surface area is 177 Å². The fourth-order valence-corrected chi connectivity index (χ4v) is 4.30. The third-order valence-corrected chi connectivity index (χ3v) is 5.61. The van der Waals surface area contributed by atoms with Gasteiger partial charge in [-0.3, -0.25) is 0 Å². The zero-order valence-electron chi connectivity index (χ0n) is 17.5. The smallest absolute Gasteiger partial charge is 0.216 e.